The molecule has 2 aromatic carbocycles. The van der Waals surface area contributed by atoms with Crippen LogP contribution in [0, 0.1) is 0 Å². The van der Waals surface area contributed by atoms with E-state index in [0.29, 0.717) is 107 Å². The largest absolute Gasteiger partial charge is 0.480 e. The number of nitrogens with one attached hydrogen (secondary N) is 6. The van der Waals surface area contributed by atoms with Crippen molar-refractivity contribution in [3.8, 4) is 0 Å². The second kappa shape index (κ2) is 30.3. The lowest BCUT2D eigenvalue weighted by Gasteiger charge is -2.15. The van der Waals surface area contributed by atoms with Crippen molar-refractivity contribution in [2.45, 2.75) is 70.5 Å². The molecule has 3 aromatic heterocycles. The lowest BCUT2D eigenvalue weighted by molar-refractivity contribution is -0.139. The number of aryl methyl sites for hydroxylation is 2. The van der Waals surface area contributed by atoms with Gasteiger partial charge < -0.3 is 56.4 Å². The number of H-pyrrole nitrogens is 1. The molecule has 0 radical (unpaired) electrons. The van der Waals surface area contributed by atoms with Gasteiger partial charge in [0.2, 0.25) is 11.9 Å². The van der Waals surface area contributed by atoms with E-state index in [-0.39, 0.29) is 54.4 Å². The van der Waals surface area contributed by atoms with Gasteiger partial charge in [0, 0.05) is 61.9 Å². The molecule has 0 unspecified atom stereocenters. The van der Waals surface area contributed by atoms with Crippen molar-refractivity contribution < 1.29 is 48.0 Å². The van der Waals surface area contributed by atoms with E-state index >= 15 is 0 Å². The van der Waals surface area contributed by atoms with Crippen LogP contribution in [0.4, 0.5) is 11.6 Å². The number of carbonyl (C=O) groups excluding carboxylic acids is 4. The number of ether oxygens (including phenoxy) is 4. The van der Waals surface area contributed by atoms with Crippen LogP contribution in [0.3, 0.4) is 0 Å². The third-order valence-corrected chi connectivity index (χ3v) is 10.6. The summed E-state index contributed by atoms with van der Waals surface area (Å²) in [6.07, 6.45) is 9.14. The molecule has 0 fully saturated rings. The molecule has 71 heavy (non-hydrogen) atoms. The fourth-order valence-corrected chi connectivity index (χ4v) is 6.86. The summed E-state index contributed by atoms with van der Waals surface area (Å²) in [7, 11) is 1.45. The number of hydrogen-bond acceptors (Lipinski definition) is 17. The van der Waals surface area contributed by atoms with Gasteiger partial charge in [-0.05, 0) is 87.1 Å². The zero-order valence-corrected chi connectivity index (χ0v) is 39.8. The van der Waals surface area contributed by atoms with E-state index in [1.54, 1.807) is 53.2 Å². The number of methoxy groups -OCH3 is 1. The molecule has 9 N–H and O–H groups in total. The molecule has 0 saturated heterocycles. The minimum atomic E-state index is -1.12. The Morgan fingerprint density at radius 1 is 0.732 bits per heavy atom. The van der Waals surface area contributed by atoms with Gasteiger partial charge in [0.1, 0.15) is 12.6 Å². The quantitative estimate of drug-likeness (QED) is 0.0272. The minimum Gasteiger partial charge on any atom is -0.480 e. The van der Waals surface area contributed by atoms with E-state index in [1.807, 2.05) is 6.20 Å². The highest BCUT2D eigenvalue weighted by molar-refractivity contribution is 5.98. The van der Waals surface area contributed by atoms with E-state index in [4.69, 9.17) is 24.7 Å². The molecule has 0 aliphatic heterocycles. The number of carboxylic acids is 1. The summed E-state index contributed by atoms with van der Waals surface area (Å²) >= 11 is 0. The molecule has 5 aromatic rings. The highest BCUT2D eigenvalue weighted by Gasteiger charge is 2.20. The van der Waals surface area contributed by atoms with Crippen molar-refractivity contribution in [1.29, 1.82) is 0 Å². The molecule has 0 aliphatic rings. The molecule has 24 nitrogen and oxygen atoms in total. The first kappa shape index (κ1) is 54.5. The molecule has 0 aliphatic carbocycles. The van der Waals surface area contributed by atoms with Crippen LogP contribution in [0.1, 0.15) is 87.4 Å². The Kier molecular flexibility index (Phi) is 23.2. The number of nitrogens with zero attached hydrogens (tertiary/aromatic N) is 6. The van der Waals surface area contributed by atoms with Crippen LogP contribution < -0.4 is 37.9 Å². The zero-order chi connectivity index (χ0) is 50.6. The maximum atomic E-state index is 12.9. The van der Waals surface area contributed by atoms with Crippen LogP contribution in [0.25, 0.3) is 11.2 Å². The van der Waals surface area contributed by atoms with E-state index < -0.39 is 23.5 Å². The molecule has 0 saturated carbocycles. The number of aromatic nitrogens is 7. The van der Waals surface area contributed by atoms with Gasteiger partial charge in [-0.25, -0.2) is 14.8 Å². The summed E-state index contributed by atoms with van der Waals surface area (Å²) in [5.41, 5.74) is 8.49. The van der Waals surface area contributed by atoms with Gasteiger partial charge in [0.15, 0.2) is 11.2 Å². The number of amides is 4. The summed E-state index contributed by atoms with van der Waals surface area (Å²) in [5.74, 6) is -2.35. The molecule has 5 rings (SSSR count). The maximum absolute atomic E-state index is 12.9. The number of unbranched alkanes of at least 4 members (excludes halogenated alkanes) is 4. The average molecular weight is 986 g/mol. The van der Waals surface area contributed by atoms with Crippen LogP contribution in [-0.2, 0) is 48.0 Å². The van der Waals surface area contributed by atoms with Crippen molar-refractivity contribution in [3.63, 3.8) is 0 Å². The third kappa shape index (κ3) is 19.9. The Morgan fingerprint density at radius 3 is 2.03 bits per heavy atom. The molecular formula is C47H63N13O11. The lowest BCUT2D eigenvalue weighted by Crippen LogP contribution is -2.40. The Balaban J connectivity index is 0.854. The molecule has 1 atom stereocenters. The van der Waals surface area contributed by atoms with Gasteiger partial charge >= 0.3 is 5.97 Å². The minimum absolute atomic E-state index is 0.0175. The van der Waals surface area contributed by atoms with Gasteiger partial charge in [0.25, 0.3) is 23.3 Å². The van der Waals surface area contributed by atoms with E-state index in [0.717, 1.165) is 37.8 Å². The monoisotopic (exact) mass is 985 g/mol. The standard InChI is InChI=1S/C47H63N13O11/c1-68-31-39(61)49-19-22-69-24-26-71-27-25-70-23-20-51-43(63)33-12-10-32(11-13-33)42(62)50-18-6-3-2-4-8-36-30-60(59-58-36)21-7-5-9-38(46(66)67)55-44(64)34-14-16-35(17-15-34)52-28-37-29-53-41-40(54-37)45(65)57-47(48)56-41/h10-17,29-30,38,52H,2-9,18-28,31H2,1H3,(H,49,61)(H,50,62)(H,51,63)(H,55,64)(H,66,67)(H3,48,53,56,57,65)/t38-/m0/s1. The summed E-state index contributed by atoms with van der Waals surface area (Å²) in [4.78, 5) is 88.2. The SMILES string of the molecule is COCC(=O)NCCOCCOCCOCCNC(=O)c1ccc(C(=O)NCCCCCCc2cn(CCCC[C@H](NC(=O)c3ccc(NCc4cnc5nc(N)[nH]c(=O)c5n4)cc3)C(=O)O)nn2)cc1. The highest BCUT2D eigenvalue weighted by atomic mass is 16.5. The Labute approximate surface area is 409 Å². The summed E-state index contributed by atoms with van der Waals surface area (Å²) in [6.45, 7) is 4.28. The number of nitrogen functional groups attached to an aromatic ring is 1. The number of aliphatic carboxylic acids is 1. The second-order valence-corrected chi connectivity index (χ2v) is 16.1. The number of anilines is 2. The number of carboxylic acid groups (broad SMARTS) is 1. The van der Waals surface area contributed by atoms with Crippen molar-refractivity contribution in [2.24, 2.45) is 0 Å². The number of benzene rings is 2. The van der Waals surface area contributed by atoms with Crippen LogP contribution in [0.15, 0.2) is 65.7 Å². The van der Waals surface area contributed by atoms with Crippen molar-refractivity contribution >= 4 is 52.4 Å². The summed E-state index contributed by atoms with van der Waals surface area (Å²) in [5, 5.41) is 32.4. The topological polar surface area (TPSA) is 331 Å². The Morgan fingerprint density at radius 2 is 1.35 bits per heavy atom. The number of hydrogen-bond donors (Lipinski definition) is 8. The summed E-state index contributed by atoms with van der Waals surface area (Å²) < 4.78 is 22.8. The smallest absolute Gasteiger partial charge is 0.326 e. The van der Waals surface area contributed by atoms with E-state index in [1.165, 1.54) is 13.3 Å². The number of carbonyl (C=O) groups is 5. The van der Waals surface area contributed by atoms with Gasteiger partial charge in [0.05, 0.1) is 63.8 Å². The predicted molar refractivity (Wildman–Crippen MR) is 260 cm³/mol. The van der Waals surface area contributed by atoms with E-state index in [2.05, 4.69) is 56.8 Å². The molecule has 24 heteroatoms. The molecule has 4 amide bonds. The number of nitrogens with two attached hydrogens (primary N) is 1. The predicted octanol–water partition coefficient (Wildman–Crippen LogP) is 1.63. The average Bonchev–Trinajstić information content (AvgIpc) is 3.82. The Hall–Kier alpha value is -7.41. The van der Waals surface area contributed by atoms with Crippen LogP contribution in [-0.4, -0.2) is 149 Å². The first-order valence-corrected chi connectivity index (χ1v) is 23.4. The number of fused-ring (bicyclic) bond motifs is 1. The van der Waals surface area contributed by atoms with Gasteiger partial charge in [-0.15, -0.1) is 5.10 Å². The van der Waals surface area contributed by atoms with Crippen LogP contribution >= 0.6 is 0 Å². The molecule has 382 valence electrons. The molecule has 0 spiro atoms. The number of aromatic amines is 1. The van der Waals surface area contributed by atoms with Crippen LogP contribution in [0.5, 0.6) is 0 Å². The first-order chi connectivity index (χ1) is 34.5. The fraction of sp³-hybridized carbons (Fsp3) is 0.468. The summed E-state index contributed by atoms with van der Waals surface area (Å²) in [6, 6.07) is 11.9. The normalized spacial score (nSPS) is 11.5. The van der Waals surface area contributed by atoms with Gasteiger partial charge in [-0.3, -0.25) is 33.6 Å². The highest BCUT2D eigenvalue weighted by Crippen LogP contribution is 2.14. The first-order valence-electron chi connectivity index (χ1n) is 23.4. The van der Waals surface area contributed by atoms with Gasteiger partial charge in [-0.2, -0.15) is 4.98 Å². The van der Waals surface area contributed by atoms with Crippen molar-refractivity contribution in [1.82, 2.24) is 56.2 Å². The van der Waals surface area contributed by atoms with Crippen molar-refractivity contribution in [2.75, 3.05) is 84.0 Å². The lowest BCUT2D eigenvalue weighted by atomic mass is 10.1. The maximum Gasteiger partial charge on any atom is 0.326 e. The Bertz CT molecular complexity index is 2520. The van der Waals surface area contributed by atoms with Gasteiger partial charge in [-0.1, -0.05) is 18.1 Å². The van der Waals surface area contributed by atoms with E-state index in [9.17, 15) is 33.9 Å². The second-order valence-electron chi connectivity index (χ2n) is 16.1. The number of rotatable bonds is 34. The molecular weight excluding hydrogens is 923 g/mol. The molecule has 3 heterocycles. The van der Waals surface area contributed by atoms with Crippen molar-refractivity contribution in [3.05, 3.63) is 99.4 Å². The third-order valence-electron chi connectivity index (χ3n) is 10.6. The van der Waals surface area contributed by atoms with Crippen LogP contribution in [0.2, 0.25) is 0 Å². The molecule has 0 bridgehead atoms. The fourth-order valence-electron chi connectivity index (χ4n) is 6.86. The zero-order valence-electron chi connectivity index (χ0n) is 39.8.